The van der Waals surface area contributed by atoms with Crippen LogP contribution in [0, 0.1) is 12.7 Å². The SMILES string of the molecule is Cc1nccn1-c1ccc(CNCc2ccc(CSC(F)F)o2)cc1F. The highest BCUT2D eigenvalue weighted by Gasteiger charge is 2.09. The van der Waals surface area contributed by atoms with Gasteiger partial charge in [-0.2, -0.15) is 8.78 Å². The second-order valence-electron chi connectivity index (χ2n) is 5.67. The van der Waals surface area contributed by atoms with E-state index in [9.17, 15) is 13.2 Å². The Morgan fingerprint density at radius 1 is 1.19 bits per heavy atom. The van der Waals surface area contributed by atoms with Crippen LogP contribution in [0.1, 0.15) is 22.9 Å². The number of imidazole rings is 1. The van der Waals surface area contributed by atoms with Crippen molar-refractivity contribution in [2.75, 3.05) is 0 Å². The molecule has 0 aliphatic heterocycles. The van der Waals surface area contributed by atoms with Gasteiger partial charge < -0.3 is 14.3 Å². The second kappa shape index (κ2) is 8.46. The van der Waals surface area contributed by atoms with Crippen LogP contribution < -0.4 is 5.32 Å². The Morgan fingerprint density at radius 3 is 2.69 bits per heavy atom. The van der Waals surface area contributed by atoms with Gasteiger partial charge in [-0.25, -0.2) is 9.37 Å². The van der Waals surface area contributed by atoms with Gasteiger partial charge in [0.1, 0.15) is 23.2 Å². The minimum Gasteiger partial charge on any atom is -0.464 e. The Kier molecular flexibility index (Phi) is 6.05. The molecule has 0 atom stereocenters. The molecule has 0 radical (unpaired) electrons. The number of halogens is 3. The van der Waals surface area contributed by atoms with Gasteiger partial charge in [0.2, 0.25) is 0 Å². The normalized spacial score (nSPS) is 11.4. The summed E-state index contributed by atoms with van der Waals surface area (Å²) in [6, 6.07) is 8.48. The molecule has 3 rings (SSSR count). The molecular formula is C18H18F3N3OS. The fourth-order valence-electron chi connectivity index (χ4n) is 2.56. The van der Waals surface area contributed by atoms with E-state index in [4.69, 9.17) is 4.42 Å². The summed E-state index contributed by atoms with van der Waals surface area (Å²) < 4.78 is 45.8. The van der Waals surface area contributed by atoms with Crippen LogP contribution in [0.5, 0.6) is 0 Å². The highest BCUT2D eigenvalue weighted by molar-refractivity contribution is 7.98. The summed E-state index contributed by atoms with van der Waals surface area (Å²) in [5.41, 5.74) is 1.25. The van der Waals surface area contributed by atoms with E-state index in [0.717, 1.165) is 5.56 Å². The first-order valence-electron chi connectivity index (χ1n) is 8.00. The summed E-state index contributed by atoms with van der Waals surface area (Å²) >= 11 is 0.525. The monoisotopic (exact) mass is 381 g/mol. The third kappa shape index (κ3) is 4.70. The summed E-state index contributed by atoms with van der Waals surface area (Å²) in [6.45, 7) is 2.71. The molecule has 1 N–H and O–H groups in total. The minimum absolute atomic E-state index is 0.137. The van der Waals surface area contributed by atoms with Crippen molar-refractivity contribution in [1.82, 2.24) is 14.9 Å². The lowest BCUT2D eigenvalue weighted by Crippen LogP contribution is -2.12. The zero-order valence-corrected chi connectivity index (χ0v) is 14.9. The molecule has 2 heterocycles. The molecule has 0 unspecified atom stereocenters. The van der Waals surface area contributed by atoms with Crippen LogP contribution in [0.15, 0.2) is 47.1 Å². The molecule has 0 saturated heterocycles. The Morgan fingerprint density at radius 2 is 2.00 bits per heavy atom. The maximum atomic E-state index is 14.3. The second-order valence-corrected chi connectivity index (χ2v) is 6.65. The maximum Gasteiger partial charge on any atom is 0.284 e. The lowest BCUT2D eigenvalue weighted by atomic mass is 10.2. The number of rotatable bonds is 8. The predicted molar refractivity (Wildman–Crippen MR) is 94.8 cm³/mol. The van der Waals surface area contributed by atoms with Gasteiger partial charge in [0, 0.05) is 18.9 Å². The molecule has 4 nitrogen and oxygen atoms in total. The lowest BCUT2D eigenvalue weighted by molar-refractivity contribution is 0.251. The van der Waals surface area contributed by atoms with Gasteiger partial charge in [-0.3, -0.25) is 0 Å². The number of aryl methyl sites for hydroxylation is 1. The van der Waals surface area contributed by atoms with E-state index >= 15 is 0 Å². The average Bonchev–Trinajstić information content (AvgIpc) is 3.22. The molecule has 0 fully saturated rings. The molecule has 1 aromatic carbocycles. The Balaban J connectivity index is 1.54. The van der Waals surface area contributed by atoms with E-state index in [0.29, 0.717) is 47.9 Å². The van der Waals surface area contributed by atoms with Crippen molar-refractivity contribution in [1.29, 1.82) is 0 Å². The van der Waals surface area contributed by atoms with Gasteiger partial charge in [0.15, 0.2) is 0 Å². The zero-order valence-electron chi connectivity index (χ0n) is 14.1. The van der Waals surface area contributed by atoms with Gasteiger partial charge in [-0.05, 0) is 36.8 Å². The first kappa shape index (κ1) is 18.6. The molecule has 3 aromatic rings. The Bertz CT molecular complexity index is 863. The fourth-order valence-corrected chi connectivity index (χ4v) is 3.00. The molecule has 138 valence electrons. The molecule has 8 heteroatoms. The van der Waals surface area contributed by atoms with Crippen molar-refractivity contribution in [2.24, 2.45) is 0 Å². The quantitative estimate of drug-likeness (QED) is 0.616. The molecule has 0 bridgehead atoms. The third-order valence-electron chi connectivity index (χ3n) is 3.79. The largest absolute Gasteiger partial charge is 0.464 e. The van der Waals surface area contributed by atoms with Crippen molar-refractivity contribution in [3.63, 3.8) is 0 Å². The van der Waals surface area contributed by atoms with E-state index in [1.165, 1.54) is 6.07 Å². The lowest BCUT2D eigenvalue weighted by Gasteiger charge is -2.09. The number of thioether (sulfide) groups is 1. The number of hydrogen-bond acceptors (Lipinski definition) is 4. The molecule has 0 aliphatic rings. The number of furan rings is 1. The first-order chi connectivity index (χ1) is 12.5. The first-order valence-corrected chi connectivity index (χ1v) is 9.04. The van der Waals surface area contributed by atoms with E-state index in [1.54, 1.807) is 35.2 Å². The van der Waals surface area contributed by atoms with Crippen LogP contribution in [0.4, 0.5) is 13.2 Å². The topological polar surface area (TPSA) is 43.0 Å². The van der Waals surface area contributed by atoms with Gasteiger partial charge in [0.05, 0.1) is 18.0 Å². The molecule has 26 heavy (non-hydrogen) atoms. The predicted octanol–water partition coefficient (Wildman–Crippen LogP) is 4.66. The van der Waals surface area contributed by atoms with Crippen LogP contribution in [0.3, 0.4) is 0 Å². The summed E-state index contributed by atoms with van der Waals surface area (Å²) in [7, 11) is 0. The van der Waals surface area contributed by atoms with Crippen LogP contribution in [0.2, 0.25) is 0 Å². The summed E-state index contributed by atoms with van der Waals surface area (Å²) in [4.78, 5) is 4.09. The average molecular weight is 381 g/mol. The van der Waals surface area contributed by atoms with Crippen molar-refractivity contribution < 1.29 is 17.6 Å². The standard InChI is InChI=1S/C18H18F3N3OS/c1-12-23-6-7-24(12)17-5-2-13(8-16(17)19)9-22-10-14-3-4-15(25-14)11-26-18(20)21/h2-8,18,22H,9-11H2,1H3. The van der Waals surface area contributed by atoms with Crippen LogP contribution in [-0.4, -0.2) is 15.3 Å². The van der Waals surface area contributed by atoms with E-state index < -0.39 is 5.76 Å². The van der Waals surface area contributed by atoms with E-state index in [1.807, 2.05) is 13.0 Å². The minimum atomic E-state index is -2.41. The summed E-state index contributed by atoms with van der Waals surface area (Å²) in [5, 5.41) is 3.15. The van der Waals surface area contributed by atoms with Crippen molar-refractivity contribution >= 4 is 11.8 Å². The molecule has 2 aromatic heterocycles. The van der Waals surface area contributed by atoms with E-state index in [-0.39, 0.29) is 11.6 Å². The number of nitrogens with one attached hydrogen (secondary N) is 1. The Hall–Kier alpha value is -2.19. The molecule has 0 aliphatic carbocycles. The smallest absolute Gasteiger partial charge is 0.284 e. The maximum absolute atomic E-state index is 14.3. The van der Waals surface area contributed by atoms with Gasteiger partial charge in [-0.1, -0.05) is 17.8 Å². The fraction of sp³-hybridized carbons (Fsp3) is 0.278. The van der Waals surface area contributed by atoms with Gasteiger partial charge in [0.25, 0.3) is 5.76 Å². The van der Waals surface area contributed by atoms with Gasteiger partial charge in [-0.15, -0.1) is 0 Å². The van der Waals surface area contributed by atoms with E-state index in [2.05, 4.69) is 10.3 Å². The van der Waals surface area contributed by atoms with Crippen molar-refractivity contribution in [3.05, 3.63) is 71.5 Å². The van der Waals surface area contributed by atoms with Crippen molar-refractivity contribution in [3.8, 4) is 5.69 Å². The Labute approximate surface area is 153 Å². The van der Waals surface area contributed by atoms with Crippen molar-refractivity contribution in [2.45, 2.75) is 31.5 Å². The molecule has 0 saturated carbocycles. The molecule has 0 spiro atoms. The zero-order chi connectivity index (χ0) is 18.5. The molecular weight excluding hydrogens is 363 g/mol. The third-order valence-corrected chi connectivity index (χ3v) is 4.50. The van der Waals surface area contributed by atoms with Crippen LogP contribution in [0.25, 0.3) is 5.69 Å². The van der Waals surface area contributed by atoms with Crippen LogP contribution >= 0.6 is 11.8 Å². The number of nitrogens with zero attached hydrogens (tertiary/aromatic N) is 2. The van der Waals surface area contributed by atoms with Gasteiger partial charge >= 0.3 is 0 Å². The number of aromatic nitrogens is 2. The number of hydrogen-bond donors (Lipinski definition) is 1. The molecule has 0 amide bonds. The number of benzene rings is 1. The summed E-state index contributed by atoms with van der Waals surface area (Å²) in [6.07, 6.45) is 3.34. The summed E-state index contributed by atoms with van der Waals surface area (Å²) in [5.74, 6) is -0.717. The highest BCUT2D eigenvalue weighted by atomic mass is 32.2. The highest BCUT2D eigenvalue weighted by Crippen LogP contribution is 2.21. The number of alkyl halides is 2. The van der Waals surface area contributed by atoms with Crippen LogP contribution in [-0.2, 0) is 18.8 Å².